The van der Waals surface area contributed by atoms with Crippen molar-refractivity contribution in [3.8, 4) is 0 Å². The molecule has 0 radical (unpaired) electrons. The van der Waals surface area contributed by atoms with E-state index < -0.39 is 0 Å². The molecule has 0 amide bonds. The largest absolute Gasteiger partial charge is 1.00 e. The second kappa shape index (κ2) is 6.34. The number of hydrogen-bond donors (Lipinski definition) is 0. The molecule has 7 heavy (non-hydrogen) atoms. The van der Waals surface area contributed by atoms with Crippen LogP contribution in [0.5, 0.6) is 0 Å². The summed E-state index contributed by atoms with van der Waals surface area (Å²) in [5, 5.41) is 0. The minimum atomic E-state index is 0. The van der Waals surface area contributed by atoms with E-state index in [0.717, 1.165) is 6.42 Å². The van der Waals surface area contributed by atoms with Gasteiger partial charge in [0.05, 0.1) is 0 Å². The third kappa shape index (κ3) is 6.34. The van der Waals surface area contributed by atoms with Gasteiger partial charge in [0.1, 0.15) is 0 Å². The Hall–Kier alpha value is 0.337. The van der Waals surface area contributed by atoms with E-state index in [1.807, 2.05) is 6.08 Å². The average molecular weight is 90.1 g/mol. The van der Waals surface area contributed by atoms with Crippen LogP contribution >= 0.6 is 0 Å². The van der Waals surface area contributed by atoms with Crippen LogP contribution in [-0.2, 0) is 0 Å². The minimum Gasteiger partial charge on any atom is -0.343 e. The summed E-state index contributed by atoms with van der Waals surface area (Å²) in [6.45, 7) is 9.37. The SMILES string of the molecule is C=CC(C)C[CH2-].[Li+]. The molecule has 0 spiro atoms. The zero-order chi connectivity index (χ0) is 4.99. The van der Waals surface area contributed by atoms with Crippen molar-refractivity contribution in [1.82, 2.24) is 0 Å². The Labute approximate surface area is 58.2 Å². The van der Waals surface area contributed by atoms with E-state index in [9.17, 15) is 0 Å². The van der Waals surface area contributed by atoms with Gasteiger partial charge in [0.2, 0.25) is 0 Å². The van der Waals surface area contributed by atoms with Gasteiger partial charge in [-0.1, -0.05) is 18.9 Å². The van der Waals surface area contributed by atoms with Crippen molar-refractivity contribution in [2.75, 3.05) is 0 Å². The summed E-state index contributed by atoms with van der Waals surface area (Å²) in [6, 6.07) is 0. The third-order valence-electron chi connectivity index (χ3n) is 0.858. The quantitative estimate of drug-likeness (QED) is 0.233. The molecule has 1 unspecified atom stereocenters. The van der Waals surface area contributed by atoms with Crippen LogP contribution in [0.2, 0.25) is 0 Å². The predicted molar refractivity (Wildman–Crippen MR) is 29.3 cm³/mol. The van der Waals surface area contributed by atoms with Crippen molar-refractivity contribution in [1.29, 1.82) is 0 Å². The van der Waals surface area contributed by atoms with Gasteiger partial charge in [0.15, 0.2) is 0 Å². The summed E-state index contributed by atoms with van der Waals surface area (Å²) in [4.78, 5) is 0. The number of rotatable bonds is 2. The van der Waals surface area contributed by atoms with Gasteiger partial charge in [-0.3, -0.25) is 0 Å². The molecular weight excluding hydrogens is 79.0 g/mol. The van der Waals surface area contributed by atoms with E-state index in [1.54, 1.807) is 0 Å². The molecule has 1 heteroatoms. The molecule has 0 fully saturated rings. The van der Waals surface area contributed by atoms with E-state index in [1.165, 1.54) is 0 Å². The molecule has 0 saturated carbocycles. The van der Waals surface area contributed by atoms with E-state index in [4.69, 9.17) is 0 Å². The third-order valence-corrected chi connectivity index (χ3v) is 0.858. The number of hydrogen-bond acceptors (Lipinski definition) is 0. The predicted octanol–water partition coefficient (Wildman–Crippen LogP) is -0.963. The first-order valence-corrected chi connectivity index (χ1v) is 2.23. The van der Waals surface area contributed by atoms with E-state index in [2.05, 4.69) is 20.4 Å². The van der Waals surface area contributed by atoms with E-state index in [-0.39, 0.29) is 18.9 Å². The van der Waals surface area contributed by atoms with Crippen LogP contribution in [0.4, 0.5) is 0 Å². The first kappa shape index (κ1) is 10.3. The first-order valence-electron chi connectivity index (χ1n) is 2.23. The summed E-state index contributed by atoms with van der Waals surface area (Å²) in [5.74, 6) is 0.588. The molecule has 1 atom stereocenters. The Morgan fingerprint density at radius 2 is 2.29 bits per heavy atom. The van der Waals surface area contributed by atoms with Gasteiger partial charge in [0.25, 0.3) is 0 Å². The maximum Gasteiger partial charge on any atom is 1.00 e. The smallest absolute Gasteiger partial charge is 0.343 e. The fourth-order valence-corrected chi connectivity index (χ4v) is 0.118. The van der Waals surface area contributed by atoms with Crippen molar-refractivity contribution in [3.05, 3.63) is 19.6 Å². The van der Waals surface area contributed by atoms with Crippen LogP contribution in [0.15, 0.2) is 12.7 Å². The number of allylic oxidation sites excluding steroid dienone is 1. The van der Waals surface area contributed by atoms with Gasteiger partial charge in [-0.25, -0.2) is 0 Å². The fraction of sp³-hybridized carbons (Fsp3) is 0.500. The molecule has 0 aliphatic heterocycles. The van der Waals surface area contributed by atoms with Gasteiger partial charge in [0, 0.05) is 0 Å². The van der Waals surface area contributed by atoms with Gasteiger partial charge in [-0.05, 0) is 0 Å². The van der Waals surface area contributed by atoms with Crippen LogP contribution < -0.4 is 18.9 Å². The van der Waals surface area contributed by atoms with Crippen LogP contribution in [0.3, 0.4) is 0 Å². The van der Waals surface area contributed by atoms with Crippen LogP contribution in [-0.4, -0.2) is 0 Å². The standard InChI is InChI=1S/C6H11.Li/c1-4-6(3)5-2;/h4,6H,1-2,5H2,3H3;/q-1;+1. The van der Waals surface area contributed by atoms with Crippen molar-refractivity contribution < 1.29 is 18.9 Å². The van der Waals surface area contributed by atoms with Gasteiger partial charge >= 0.3 is 18.9 Å². The Balaban J connectivity index is 0. The molecule has 0 bridgehead atoms. The van der Waals surface area contributed by atoms with E-state index >= 15 is 0 Å². The maximum absolute atomic E-state index is 3.69. The minimum absolute atomic E-state index is 0. The topological polar surface area (TPSA) is 0 Å². The van der Waals surface area contributed by atoms with Gasteiger partial charge in [-0.2, -0.15) is 6.42 Å². The molecule has 0 aromatic rings. The van der Waals surface area contributed by atoms with Crippen molar-refractivity contribution in [2.45, 2.75) is 13.3 Å². The Morgan fingerprint density at radius 3 is 2.29 bits per heavy atom. The van der Waals surface area contributed by atoms with Crippen LogP contribution in [0.1, 0.15) is 13.3 Å². The Bertz CT molecular complexity index is 41.4. The molecule has 0 N–H and O–H groups in total. The monoisotopic (exact) mass is 90.1 g/mol. The van der Waals surface area contributed by atoms with E-state index in [0.29, 0.717) is 5.92 Å². The van der Waals surface area contributed by atoms with Crippen molar-refractivity contribution in [3.63, 3.8) is 0 Å². The van der Waals surface area contributed by atoms with Crippen molar-refractivity contribution >= 4 is 0 Å². The molecule has 0 aliphatic carbocycles. The summed E-state index contributed by atoms with van der Waals surface area (Å²) < 4.78 is 0. The zero-order valence-electron chi connectivity index (χ0n) is 5.28. The van der Waals surface area contributed by atoms with Crippen molar-refractivity contribution in [2.24, 2.45) is 5.92 Å². The van der Waals surface area contributed by atoms with Crippen LogP contribution in [0.25, 0.3) is 0 Å². The normalized spacial score (nSPS) is 11.7. The molecule has 0 aromatic carbocycles. The average Bonchev–Trinajstić information content (AvgIpc) is 1.65. The fourth-order valence-electron chi connectivity index (χ4n) is 0.118. The Morgan fingerprint density at radius 1 is 1.86 bits per heavy atom. The second-order valence-electron chi connectivity index (χ2n) is 1.50. The molecule has 0 nitrogen and oxygen atoms in total. The summed E-state index contributed by atoms with van der Waals surface area (Å²) in [7, 11) is 0. The summed E-state index contributed by atoms with van der Waals surface area (Å²) >= 11 is 0. The Kier molecular flexibility index (Phi) is 9.37. The molecule has 0 rings (SSSR count). The zero-order valence-corrected chi connectivity index (χ0v) is 5.28. The summed E-state index contributed by atoms with van der Waals surface area (Å²) in [6.07, 6.45) is 2.87. The second-order valence-corrected chi connectivity index (χ2v) is 1.50. The molecule has 0 saturated heterocycles. The molecule has 0 heterocycles. The molecular formula is C6H11Li. The summed E-state index contributed by atoms with van der Waals surface area (Å²) in [5.41, 5.74) is 0. The molecule has 0 aromatic heterocycles. The molecule has 0 aliphatic rings. The van der Waals surface area contributed by atoms with Crippen LogP contribution in [0, 0.1) is 12.8 Å². The molecule has 36 valence electrons. The maximum atomic E-state index is 3.69. The van der Waals surface area contributed by atoms with Gasteiger partial charge in [-0.15, -0.1) is 6.58 Å². The first-order chi connectivity index (χ1) is 2.81. The van der Waals surface area contributed by atoms with Gasteiger partial charge < -0.3 is 6.92 Å².